The number of ether oxygens (including phenoxy) is 1. The van der Waals surface area contributed by atoms with E-state index in [0.717, 1.165) is 11.3 Å². The van der Waals surface area contributed by atoms with Gasteiger partial charge in [-0.05, 0) is 30.1 Å². The molecule has 0 unspecified atom stereocenters. The van der Waals surface area contributed by atoms with Crippen LogP contribution < -0.4 is 5.32 Å². The van der Waals surface area contributed by atoms with Crippen LogP contribution in [0.15, 0.2) is 42.6 Å². The molecule has 0 aliphatic heterocycles. The van der Waals surface area contributed by atoms with Crippen LogP contribution in [-0.4, -0.2) is 52.0 Å². The number of methoxy groups -OCH3 is 1. The van der Waals surface area contributed by atoms with Gasteiger partial charge in [-0.3, -0.25) is 4.79 Å². The number of esters is 1. The Labute approximate surface area is 156 Å². The van der Waals surface area contributed by atoms with Crippen molar-refractivity contribution < 1.29 is 14.3 Å². The zero-order valence-corrected chi connectivity index (χ0v) is 15.6. The van der Waals surface area contributed by atoms with Crippen LogP contribution in [0.1, 0.15) is 17.7 Å². The van der Waals surface area contributed by atoms with Gasteiger partial charge in [0, 0.05) is 6.08 Å². The Morgan fingerprint density at radius 3 is 2.81 bits per heavy atom. The SMILES string of the molecule is COC(=O)[C@H](CCSC)NC(=O)/C=C/c1cn(Cc2ccccc2)nn1. The summed E-state index contributed by atoms with van der Waals surface area (Å²) in [7, 11) is 1.31. The average Bonchev–Trinajstić information content (AvgIpc) is 3.11. The molecule has 2 rings (SSSR count). The van der Waals surface area contributed by atoms with Crippen LogP contribution in [0.25, 0.3) is 6.08 Å². The number of hydrogen-bond donors (Lipinski definition) is 1. The lowest BCUT2D eigenvalue weighted by molar-refractivity contribution is -0.144. The first-order chi connectivity index (χ1) is 12.6. The van der Waals surface area contributed by atoms with E-state index in [0.29, 0.717) is 18.7 Å². The van der Waals surface area contributed by atoms with Crippen LogP contribution in [0, 0.1) is 0 Å². The van der Waals surface area contributed by atoms with Crippen LogP contribution in [0.3, 0.4) is 0 Å². The molecule has 0 aliphatic carbocycles. The predicted molar refractivity (Wildman–Crippen MR) is 102 cm³/mol. The van der Waals surface area contributed by atoms with Gasteiger partial charge in [0.2, 0.25) is 5.91 Å². The van der Waals surface area contributed by atoms with Gasteiger partial charge in [-0.1, -0.05) is 35.5 Å². The quantitative estimate of drug-likeness (QED) is 0.532. The summed E-state index contributed by atoms with van der Waals surface area (Å²) in [6.07, 6.45) is 7.11. The molecule has 1 aromatic heterocycles. The highest BCUT2D eigenvalue weighted by atomic mass is 32.2. The fourth-order valence-corrected chi connectivity index (χ4v) is 2.72. The summed E-state index contributed by atoms with van der Waals surface area (Å²) in [4.78, 5) is 23.7. The van der Waals surface area contributed by atoms with E-state index in [1.165, 1.54) is 13.2 Å². The Morgan fingerprint density at radius 2 is 2.12 bits per heavy atom. The number of carbonyl (C=O) groups is 2. The molecule has 0 saturated heterocycles. The molecule has 7 nitrogen and oxygen atoms in total. The molecule has 1 atom stereocenters. The maximum atomic E-state index is 12.0. The van der Waals surface area contributed by atoms with Crippen LogP contribution >= 0.6 is 11.8 Å². The van der Waals surface area contributed by atoms with Crippen LogP contribution in [0.2, 0.25) is 0 Å². The summed E-state index contributed by atoms with van der Waals surface area (Å²) in [6.45, 7) is 0.604. The fourth-order valence-electron chi connectivity index (χ4n) is 2.25. The van der Waals surface area contributed by atoms with Gasteiger partial charge in [0.05, 0.1) is 19.9 Å². The zero-order valence-electron chi connectivity index (χ0n) is 14.8. The minimum atomic E-state index is -0.654. The maximum Gasteiger partial charge on any atom is 0.328 e. The summed E-state index contributed by atoms with van der Waals surface area (Å²) in [5.74, 6) is -0.0777. The van der Waals surface area contributed by atoms with Crippen molar-refractivity contribution in [1.82, 2.24) is 20.3 Å². The first-order valence-corrected chi connectivity index (χ1v) is 9.51. The van der Waals surface area contributed by atoms with Crippen molar-refractivity contribution in [3.63, 3.8) is 0 Å². The van der Waals surface area contributed by atoms with Gasteiger partial charge in [0.15, 0.2) is 0 Å². The number of aromatic nitrogens is 3. The normalized spacial score (nSPS) is 12.1. The lowest BCUT2D eigenvalue weighted by atomic mass is 10.2. The van der Waals surface area contributed by atoms with Gasteiger partial charge in [-0.2, -0.15) is 11.8 Å². The fraction of sp³-hybridized carbons (Fsp3) is 0.333. The van der Waals surface area contributed by atoms with Gasteiger partial charge >= 0.3 is 5.97 Å². The van der Waals surface area contributed by atoms with E-state index in [9.17, 15) is 9.59 Å². The molecule has 138 valence electrons. The number of hydrogen-bond acceptors (Lipinski definition) is 6. The first-order valence-electron chi connectivity index (χ1n) is 8.11. The van der Waals surface area contributed by atoms with Crippen molar-refractivity contribution >= 4 is 29.7 Å². The molecule has 1 amide bonds. The second-order valence-corrected chi connectivity index (χ2v) is 6.51. The molecule has 26 heavy (non-hydrogen) atoms. The van der Waals surface area contributed by atoms with Crippen molar-refractivity contribution in [2.45, 2.75) is 19.0 Å². The number of nitrogens with one attached hydrogen (secondary N) is 1. The molecule has 0 bridgehead atoms. The van der Waals surface area contributed by atoms with E-state index in [1.807, 2.05) is 36.6 Å². The topological polar surface area (TPSA) is 86.1 Å². The highest BCUT2D eigenvalue weighted by Gasteiger charge is 2.19. The number of benzene rings is 1. The smallest absolute Gasteiger partial charge is 0.328 e. The van der Waals surface area contributed by atoms with E-state index in [1.54, 1.807) is 28.7 Å². The first kappa shape index (κ1) is 19.7. The molecule has 1 aromatic carbocycles. The van der Waals surface area contributed by atoms with Crippen molar-refractivity contribution in [3.8, 4) is 0 Å². The van der Waals surface area contributed by atoms with Crippen LogP contribution in [0.4, 0.5) is 0 Å². The van der Waals surface area contributed by atoms with Crippen molar-refractivity contribution in [3.05, 3.63) is 53.9 Å². The highest BCUT2D eigenvalue weighted by Crippen LogP contribution is 2.05. The number of rotatable bonds is 9. The monoisotopic (exact) mass is 374 g/mol. The van der Waals surface area contributed by atoms with Crippen molar-refractivity contribution in [2.75, 3.05) is 19.1 Å². The third kappa shape index (κ3) is 6.36. The van der Waals surface area contributed by atoms with Crippen LogP contribution in [0.5, 0.6) is 0 Å². The second-order valence-electron chi connectivity index (χ2n) is 5.53. The summed E-state index contributed by atoms with van der Waals surface area (Å²) < 4.78 is 6.42. The van der Waals surface area contributed by atoms with Gasteiger partial charge in [-0.25, -0.2) is 9.48 Å². The largest absolute Gasteiger partial charge is 0.467 e. The molecule has 0 aliphatic rings. The van der Waals surface area contributed by atoms with Gasteiger partial charge in [0.1, 0.15) is 11.7 Å². The summed E-state index contributed by atoms with van der Waals surface area (Å²) >= 11 is 1.60. The Hall–Kier alpha value is -2.61. The van der Waals surface area contributed by atoms with Gasteiger partial charge < -0.3 is 10.1 Å². The highest BCUT2D eigenvalue weighted by molar-refractivity contribution is 7.98. The minimum Gasteiger partial charge on any atom is -0.467 e. The average molecular weight is 374 g/mol. The van der Waals surface area contributed by atoms with E-state index in [4.69, 9.17) is 4.74 Å². The molecule has 1 N–H and O–H groups in total. The lowest BCUT2D eigenvalue weighted by Crippen LogP contribution is -2.41. The zero-order chi connectivity index (χ0) is 18.8. The Balaban J connectivity index is 1.91. The van der Waals surface area contributed by atoms with Gasteiger partial charge in [0.25, 0.3) is 0 Å². The molecule has 1 heterocycles. The predicted octanol–water partition coefficient (Wildman–Crippen LogP) is 1.75. The van der Waals surface area contributed by atoms with Crippen molar-refractivity contribution in [1.29, 1.82) is 0 Å². The number of nitrogens with zero attached hydrogens (tertiary/aromatic N) is 3. The Morgan fingerprint density at radius 1 is 1.35 bits per heavy atom. The van der Waals surface area contributed by atoms with Gasteiger partial charge in [-0.15, -0.1) is 5.10 Å². The van der Waals surface area contributed by atoms with E-state index in [-0.39, 0.29) is 5.91 Å². The minimum absolute atomic E-state index is 0.376. The Kier molecular flexibility index (Phi) is 7.88. The number of carbonyl (C=O) groups excluding carboxylic acids is 2. The molecular formula is C18H22N4O3S. The van der Waals surface area contributed by atoms with E-state index >= 15 is 0 Å². The third-order valence-corrected chi connectivity index (χ3v) is 4.21. The second kappa shape index (κ2) is 10.4. The number of amides is 1. The molecular weight excluding hydrogens is 352 g/mol. The third-order valence-electron chi connectivity index (χ3n) is 3.56. The maximum absolute atomic E-state index is 12.0. The molecule has 0 saturated carbocycles. The van der Waals surface area contributed by atoms with E-state index in [2.05, 4.69) is 15.6 Å². The summed E-state index contributed by atoms with van der Waals surface area (Å²) in [5, 5.41) is 10.7. The molecule has 8 heteroatoms. The van der Waals surface area contributed by atoms with E-state index < -0.39 is 12.0 Å². The lowest BCUT2D eigenvalue weighted by Gasteiger charge is -2.14. The molecule has 2 aromatic rings. The van der Waals surface area contributed by atoms with Crippen LogP contribution in [-0.2, 0) is 20.9 Å². The van der Waals surface area contributed by atoms with Crippen molar-refractivity contribution in [2.24, 2.45) is 0 Å². The summed E-state index contributed by atoms with van der Waals surface area (Å²) in [6, 6.07) is 9.24. The summed E-state index contributed by atoms with van der Waals surface area (Å²) in [5.41, 5.74) is 1.68. The standard InChI is InChI=1S/C18H22N4O3S/c1-25-18(24)16(10-11-26-2)19-17(23)9-8-15-13-22(21-20-15)12-14-6-4-3-5-7-14/h3-9,13,16H,10-12H2,1-2H3,(H,19,23)/b9-8+/t16-/m0/s1. The Bertz CT molecular complexity index is 746. The molecule has 0 fully saturated rings. The molecule has 0 spiro atoms. The molecule has 0 radical (unpaired) electrons. The number of thioether (sulfide) groups is 1.